The Morgan fingerprint density at radius 1 is 1.78 bits per heavy atom. The first-order chi connectivity index (χ1) is 4.34. The van der Waals surface area contributed by atoms with Gasteiger partial charge in [0.2, 0.25) is 0 Å². The van der Waals surface area contributed by atoms with Crippen LogP contribution in [0.4, 0.5) is 0 Å². The van der Waals surface area contributed by atoms with Crippen molar-refractivity contribution in [2.75, 3.05) is 33.4 Å². The third kappa shape index (κ3) is 1.64. The lowest BCUT2D eigenvalue weighted by Crippen LogP contribution is -2.46. The lowest BCUT2D eigenvalue weighted by molar-refractivity contribution is 0.00948. The molecule has 0 spiro atoms. The van der Waals surface area contributed by atoms with E-state index in [0.717, 1.165) is 19.8 Å². The van der Waals surface area contributed by atoms with Crippen molar-refractivity contribution in [3.05, 3.63) is 0 Å². The van der Waals surface area contributed by atoms with E-state index in [2.05, 4.69) is 11.9 Å². The molecule has 1 fully saturated rings. The number of nitrogens with two attached hydrogens (primary N) is 1. The number of morpholine rings is 1. The minimum Gasteiger partial charge on any atom is -0.378 e. The number of hydrogen-bond acceptors (Lipinski definition) is 3. The molecule has 54 valence electrons. The van der Waals surface area contributed by atoms with Gasteiger partial charge in [0.1, 0.15) is 0 Å². The molecule has 1 rings (SSSR count). The van der Waals surface area contributed by atoms with Crippen molar-refractivity contribution < 1.29 is 4.74 Å². The zero-order chi connectivity index (χ0) is 6.69. The number of nitrogens with zero attached hydrogens (tertiary/aromatic N) is 1. The second-order valence-corrected chi connectivity index (χ2v) is 2.45. The summed E-state index contributed by atoms with van der Waals surface area (Å²) in [6.07, 6.45) is 0. The van der Waals surface area contributed by atoms with Crippen molar-refractivity contribution in [3.63, 3.8) is 0 Å². The van der Waals surface area contributed by atoms with Gasteiger partial charge in [-0.3, -0.25) is 4.90 Å². The average molecular weight is 130 g/mol. The van der Waals surface area contributed by atoms with Crippen LogP contribution in [-0.2, 0) is 4.74 Å². The zero-order valence-corrected chi connectivity index (χ0v) is 5.84. The summed E-state index contributed by atoms with van der Waals surface area (Å²) >= 11 is 0. The van der Waals surface area contributed by atoms with Crippen molar-refractivity contribution in [1.82, 2.24) is 4.90 Å². The van der Waals surface area contributed by atoms with Crippen LogP contribution in [0.5, 0.6) is 0 Å². The van der Waals surface area contributed by atoms with Crippen molar-refractivity contribution in [3.8, 4) is 0 Å². The molecule has 0 amide bonds. The first-order valence-corrected chi connectivity index (χ1v) is 3.32. The predicted molar refractivity (Wildman–Crippen MR) is 36.3 cm³/mol. The van der Waals surface area contributed by atoms with Crippen molar-refractivity contribution in [1.29, 1.82) is 0 Å². The Morgan fingerprint density at radius 3 is 3.00 bits per heavy atom. The summed E-state index contributed by atoms with van der Waals surface area (Å²) in [6, 6.07) is 0.443. The van der Waals surface area contributed by atoms with Gasteiger partial charge >= 0.3 is 0 Å². The van der Waals surface area contributed by atoms with Crippen LogP contribution < -0.4 is 5.73 Å². The molecule has 9 heavy (non-hydrogen) atoms. The third-order valence-corrected chi connectivity index (χ3v) is 1.79. The monoisotopic (exact) mass is 130 g/mol. The Bertz CT molecular complexity index is 87.1. The van der Waals surface area contributed by atoms with E-state index in [1.54, 1.807) is 0 Å². The van der Waals surface area contributed by atoms with Gasteiger partial charge in [0.25, 0.3) is 0 Å². The van der Waals surface area contributed by atoms with Crippen molar-refractivity contribution in [2.24, 2.45) is 5.73 Å². The number of ether oxygens (including phenoxy) is 1. The fourth-order valence-electron chi connectivity index (χ4n) is 0.986. The Hall–Kier alpha value is -0.120. The number of rotatable bonds is 1. The van der Waals surface area contributed by atoms with Crippen LogP contribution in [0.15, 0.2) is 0 Å². The van der Waals surface area contributed by atoms with Gasteiger partial charge in [-0.15, -0.1) is 0 Å². The van der Waals surface area contributed by atoms with Crippen LogP contribution in [0.1, 0.15) is 0 Å². The van der Waals surface area contributed by atoms with Gasteiger partial charge < -0.3 is 10.5 Å². The largest absolute Gasteiger partial charge is 0.378 e. The average Bonchev–Trinajstić information content (AvgIpc) is 1.89. The molecule has 0 bridgehead atoms. The summed E-state index contributed by atoms with van der Waals surface area (Å²) in [5, 5.41) is 0. The maximum Gasteiger partial charge on any atom is 0.0634 e. The van der Waals surface area contributed by atoms with E-state index in [0.29, 0.717) is 12.6 Å². The van der Waals surface area contributed by atoms with E-state index in [9.17, 15) is 0 Å². The van der Waals surface area contributed by atoms with Crippen LogP contribution in [0.2, 0.25) is 0 Å². The van der Waals surface area contributed by atoms with Gasteiger partial charge in [0, 0.05) is 19.1 Å². The molecule has 0 aliphatic carbocycles. The SMILES string of the molecule is CN1CCOCC1CN. The summed E-state index contributed by atoms with van der Waals surface area (Å²) in [5.41, 5.74) is 5.47. The molecule has 0 aromatic heterocycles. The van der Waals surface area contributed by atoms with E-state index in [-0.39, 0.29) is 0 Å². The van der Waals surface area contributed by atoms with Crippen molar-refractivity contribution in [2.45, 2.75) is 6.04 Å². The van der Waals surface area contributed by atoms with E-state index in [1.165, 1.54) is 0 Å². The molecule has 1 atom stereocenters. The van der Waals surface area contributed by atoms with Crippen LogP contribution in [0, 0.1) is 0 Å². The van der Waals surface area contributed by atoms with Gasteiger partial charge in [-0.25, -0.2) is 0 Å². The van der Waals surface area contributed by atoms with Gasteiger partial charge in [-0.1, -0.05) is 0 Å². The van der Waals surface area contributed by atoms with Crippen molar-refractivity contribution >= 4 is 0 Å². The lowest BCUT2D eigenvalue weighted by Gasteiger charge is -2.31. The van der Waals surface area contributed by atoms with Gasteiger partial charge in [-0.2, -0.15) is 0 Å². The summed E-state index contributed by atoms with van der Waals surface area (Å²) < 4.78 is 5.22. The molecule has 0 saturated carbocycles. The highest BCUT2D eigenvalue weighted by Crippen LogP contribution is 2.00. The Labute approximate surface area is 55.8 Å². The van der Waals surface area contributed by atoms with Gasteiger partial charge in [0.15, 0.2) is 0 Å². The van der Waals surface area contributed by atoms with Crippen LogP contribution in [0.3, 0.4) is 0 Å². The van der Waals surface area contributed by atoms with Crippen LogP contribution in [0.25, 0.3) is 0 Å². The number of hydrogen-bond donors (Lipinski definition) is 1. The Balaban J connectivity index is 2.30. The molecule has 3 nitrogen and oxygen atoms in total. The maximum atomic E-state index is 5.47. The molecule has 1 aliphatic rings. The molecule has 1 unspecified atom stereocenters. The highest BCUT2D eigenvalue weighted by molar-refractivity contribution is 4.71. The second-order valence-electron chi connectivity index (χ2n) is 2.45. The molecular formula is C6H14N2O. The predicted octanol–water partition coefficient (Wildman–Crippen LogP) is -0.724. The van der Waals surface area contributed by atoms with Crippen LogP contribution >= 0.6 is 0 Å². The minimum atomic E-state index is 0.443. The molecule has 3 heteroatoms. The Morgan fingerprint density at radius 2 is 2.56 bits per heavy atom. The van der Waals surface area contributed by atoms with Gasteiger partial charge in [-0.05, 0) is 7.05 Å². The zero-order valence-electron chi connectivity index (χ0n) is 5.84. The standard InChI is InChI=1S/C6H14N2O/c1-8-2-3-9-5-6(8)4-7/h6H,2-5,7H2,1H3. The molecule has 1 aliphatic heterocycles. The highest BCUT2D eigenvalue weighted by atomic mass is 16.5. The summed E-state index contributed by atoms with van der Waals surface area (Å²) in [6.45, 7) is 3.37. The smallest absolute Gasteiger partial charge is 0.0634 e. The lowest BCUT2D eigenvalue weighted by atomic mass is 10.2. The highest BCUT2D eigenvalue weighted by Gasteiger charge is 2.16. The second kappa shape index (κ2) is 3.15. The summed E-state index contributed by atoms with van der Waals surface area (Å²) in [5.74, 6) is 0. The van der Waals surface area contributed by atoms with Gasteiger partial charge in [0.05, 0.1) is 13.2 Å². The summed E-state index contributed by atoms with van der Waals surface area (Å²) in [4.78, 5) is 2.24. The first kappa shape index (κ1) is 6.99. The van der Waals surface area contributed by atoms with Crippen LogP contribution in [-0.4, -0.2) is 44.3 Å². The normalized spacial score (nSPS) is 30.7. The minimum absolute atomic E-state index is 0.443. The topological polar surface area (TPSA) is 38.5 Å². The number of likely N-dealkylation sites (N-methyl/N-ethyl adjacent to an activating group) is 1. The maximum absolute atomic E-state index is 5.47. The van der Waals surface area contributed by atoms with E-state index in [1.807, 2.05) is 0 Å². The Kier molecular flexibility index (Phi) is 2.45. The molecule has 1 heterocycles. The quantitative estimate of drug-likeness (QED) is 0.509. The summed E-state index contributed by atoms with van der Waals surface area (Å²) in [7, 11) is 2.08. The fraction of sp³-hybridized carbons (Fsp3) is 1.00. The molecular weight excluding hydrogens is 116 g/mol. The molecule has 0 aromatic rings. The first-order valence-electron chi connectivity index (χ1n) is 3.32. The van der Waals surface area contributed by atoms with E-state index >= 15 is 0 Å². The molecule has 0 aromatic carbocycles. The molecule has 0 radical (unpaired) electrons. The molecule has 1 saturated heterocycles. The fourth-order valence-corrected chi connectivity index (χ4v) is 0.986. The molecule has 2 N–H and O–H groups in total. The van der Waals surface area contributed by atoms with E-state index < -0.39 is 0 Å². The van der Waals surface area contributed by atoms with E-state index in [4.69, 9.17) is 10.5 Å². The third-order valence-electron chi connectivity index (χ3n) is 1.79.